The molecule has 1 saturated heterocycles. The summed E-state index contributed by atoms with van der Waals surface area (Å²) in [5, 5.41) is 1.27. The van der Waals surface area contributed by atoms with Crippen molar-refractivity contribution in [3.8, 4) is 0 Å². The summed E-state index contributed by atoms with van der Waals surface area (Å²) in [4.78, 5) is 13.8. The number of Topliss-reactive ketones (excluding diaryl/α,β-unsaturated/α-hetero) is 1. The lowest BCUT2D eigenvalue weighted by Gasteiger charge is -2.33. The van der Waals surface area contributed by atoms with E-state index < -0.39 is 0 Å². The van der Waals surface area contributed by atoms with E-state index in [1.807, 2.05) is 12.1 Å². The van der Waals surface area contributed by atoms with Crippen molar-refractivity contribution in [3.63, 3.8) is 0 Å². The van der Waals surface area contributed by atoms with E-state index in [1.165, 1.54) is 22.0 Å². The van der Waals surface area contributed by atoms with Crippen molar-refractivity contribution in [2.24, 2.45) is 0 Å². The molecule has 4 rings (SSSR count). The van der Waals surface area contributed by atoms with Gasteiger partial charge >= 0.3 is 0 Å². The molecule has 0 radical (unpaired) electrons. The minimum atomic E-state index is -0.169. The molecule has 4 heteroatoms. The molecular weight excluding hydrogens is 363 g/mol. The maximum Gasteiger partial charge on any atom is 0.130 e. The van der Waals surface area contributed by atoms with Gasteiger partial charge in [-0.2, -0.15) is 0 Å². The first-order valence-electron chi connectivity index (χ1n) is 10.6. The summed E-state index contributed by atoms with van der Waals surface area (Å²) in [6, 6.07) is 16.2. The fraction of sp³-hybridized carbons (Fsp3) is 0.400. The van der Waals surface area contributed by atoms with Gasteiger partial charge < -0.3 is 14.3 Å². The maximum absolute atomic E-state index is 13.0. The van der Waals surface area contributed by atoms with Gasteiger partial charge in [-0.15, -0.1) is 0 Å². The van der Waals surface area contributed by atoms with E-state index in [-0.39, 0.29) is 11.6 Å². The predicted molar refractivity (Wildman–Crippen MR) is 116 cm³/mol. The number of aromatic nitrogens is 1. The van der Waals surface area contributed by atoms with Gasteiger partial charge in [-0.3, -0.25) is 0 Å². The summed E-state index contributed by atoms with van der Waals surface area (Å²) in [6.07, 6.45) is 6.90. The van der Waals surface area contributed by atoms with Crippen LogP contribution in [0.4, 0.5) is 4.39 Å². The van der Waals surface area contributed by atoms with Crippen LogP contribution in [0.1, 0.15) is 43.4 Å². The lowest BCUT2D eigenvalue weighted by atomic mass is 10.0. The molecule has 3 aromatic rings. The highest BCUT2D eigenvalue weighted by atomic mass is 19.1. The monoisotopic (exact) mass is 392 g/mol. The number of hydrogen-bond donors (Lipinski definition) is 0. The van der Waals surface area contributed by atoms with Crippen LogP contribution in [0, 0.1) is 5.82 Å². The van der Waals surface area contributed by atoms with E-state index >= 15 is 0 Å². The Morgan fingerprint density at radius 3 is 2.45 bits per heavy atom. The van der Waals surface area contributed by atoms with Crippen molar-refractivity contribution in [1.29, 1.82) is 0 Å². The second kappa shape index (κ2) is 8.91. The fourth-order valence-corrected chi connectivity index (χ4v) is 4.35. The van der Waals surface area contributed by atoms with Crippen LogP contribution in [0.2, 0.25) is 0 Å². The highest BCUT2D eigenvalue weighted by molar-refractivity contribution is 5.81. The van der Waals surface area contributed by atoms with Gasteiger partial charge in [0.05, 0.1) is 0 Å². The zero-order valence-electron chi connectivity index (χ0n) is 17.1. The quantitative estimate of drug-likeness (QED) is 0.553. The lowest BCUT2D eigenvalue weighted by molar-refractivity contribution is -0.116. The Morgan fingerprint density at radius 1 is 1.00 bits per heavy atom. The van der Waals surface area contributed by atoms with Crippen LogP contribution in [-0.2, 0) is 17.6 Å². The van der Waals surface area contributed by atoms with E-state index in [0.29, 0.717) is 12.5 Å². The molecule has 3 nitrogen and oxygen atoms in total. The van der Waals surface area contributed by atoms with E-state index in [0.717, 1.165) is 45.3 Å². The minimum absolute atomic E-state index is 0.169. The Hall–Kier alpha value is -2.46. The number of hydrogen-bond acceptors (Lipinski definition) is 2. The van der Waals surface area contributed by atoms with Gasteiger partial charge in [-0.05, 0) is 73.4 Å². The first-order chi connectivity index (χ1) is 14.1. The number of rotatable bonds is 7. The van der Waals surface area contributed by atoms with Gasteiger partial charge in [0.25, 0.3) is 0 Å². The number of likely N-dealkylation sites (tertiary alicyclic amines) is 1. The van der Waals surface area contributed by atoms with Gasteiger partial charge in [-0.1, -0.05) is 24.3 Å². The summed E-state index contributed by atoms with van der Waals surface area (Å²) in [6.45, 7) is 4.87. The second-order valence-corrected chi connectivity index (χ2v) is 8.27. The van der Waals surface area contributed by atoms with Crippen LogP contribution in [-0.4, -0.2) is 34.9 Å². The van der Waals surface area contributed by atoms with Crippen molar-refractivity contribution in [3.05, 3.63) is 71.7 Å². The number of halogens is 1. The zero-order valence-corrected chi connectivity index (χ0v) is 17.1. The molecule has 0 unspecified atom stereocenters. The first kappa shape index (κ1) is 19.8. The van der Waals surface area contributed by atoms with E-state index in [4.69, 9.17) is 0 Å². The second-order valence-electron chi connectivity index (χ2n) is 8.27. The van der Waals surface area contributed by atoms with Crippen molar-refractivity contribution in [1.82, 2.24) is 9.47 Å². The Bertz CT molecular complexity index is 968. The van der Waals surface area contributed by atoms with Gasteiger partial charge in [0.1, 0.15) is 11.6 Å². The summed E-state index contributed by atoms with van der Waals surface area (Å²) >= 11 is 0. The van der Waals surface area contributed by atoms with Crippen LogP contribution in [0.3, 0.4) is 0 Å². The predicted octanol–water partition coefficient (Wildman–Crippen LogP) is 5.18. The maximum atomic E-state index is 13.0. The topological polar surface area (TPSA) is 25.2 Å². The van der Waals surface area contributed by atoms with Crippen LogP contribution < -0.4 is 0 Å². The van der Waals surface area contributed by atoms with Gasteiger partial charge in [0.2, 0.25) is 0 Å². The Labute approximate surface area is 172 Å². The number of ketones is 1. The molecule has 1 aromatic heterocycles. The molecule has 1 aliphatic heterocycles. The molecule has 0 N–H and O–H groups in total. The number of carbonyl (C=O) groups excluding carboxylic acids is 1. The molecule has 0 spiro atoms. The Kier molecular flexibility index (Phi) is 6.10. The molecule has 0 aliphatic carbocycles. The highest BCUT2D eigenvalue weighted by Gasteiger charge is 2.21. The lowest BCUT2D eigenvalue weighted by Crippen LogP contribution is -2.35. The van der Waals surface area contributed by atoms with Crippen LogP contribution in [0.25, 0.3) is 10.9 Å². The SMILES string of the molecule is CC(=O)CCc1ccc2ccn(C3CCN(CCc4ccc(F)cc4)CC3)c2c1. The van der Waals surface area contributed by atoms with Crippen molar-refractivity contribution >= 4 is 16.7 Å². The molecule has 2 heterocycles. The average Bonchev–Trinajstić information content (AvgIpc) is 3.15. The third-order valence-electron chi connectivity index (χ3n) is 6.13. The molecule has 2 aromatic carbocycles. The number of benzene rings is 2. The van der Waals surface area contributed by atoms with Crippen molar-refractivity contribution in [2.45, 2.75) is 45.1 Å². The van der Waals surface area contributed by atoms with E-state index in [1.54, 1.807) is 19.1 Å². The van der Waals surface area contributed by atoms with E-state index in [9.17, 15) is 9.18 Å². The number of aryl methyl sites for hydroxylation is 1. The third kappa shape index (κ3) is 4.94. The minimum Gasteiger partial charge on any atom is -0.344 e. The molecule has 29 heavy (non-hydrogen) atoms. The fourth-order valence-electron chi connectivity index (χ4n) is 4.35. The summed E-state index contributed by atoms with van der Waals surface area (Å²) in [7, 11) is 0. The summed E-state index contributed by atoms with van der Waals surface area (Å²) < 4.78 is 15.5. The van der Waals surface area contributed by atoms with Crippen LogP contribution in [0.5, 0.6) is 0 Å². The van der Waals surface area contributed by atoms with Gasteiger partial charge in [0.15, 0.2) is 0 Å². The normalized spacial score (nSPS) is 15.8. The van der Waals surface area contributed by atoms with Crippen LogP contribution >= 0.6 is 0 Å². The molecular formula is C25H29FN2O. The smallest absolute Gasteiger partial charge is 0.130 e. The molecule has 1 fully saturated rings. The molecule has 0 bridgehead atoms. The average molecular weight is 393 g/mol. The number of nitrogens with zero attached hydrogens (tertiary/aromatic N) is 2. The van der Waals surface area contributed by atoms with E-state index in [2.05, 4.69) is 39.9 Å². The molecule has 152 valence electrons. The van der Waals surface area contributed by atoms with Crippen LogP contribution in [0.15, 0.2) is 54.7 Å². The molecule has 0 saturated carbocycles. The van der Waals surface area contributed by atoms with Crippen molar-refractivity contribution in [2.75, 3.05) is 19.6 Å². The number of carbonyl (C=O) groups is 1. The van der Waals surface area contributed by atoms with Gasteiger partial charge in [-0.25, -0.2) is 4.39 Å². The number of fused-ring (bicyclic) bond motifs is 1. The Morgan fingerprint density at radius 2 is 1.72 bits per heavy atom. The molecule has 0 amide bonds. The first-order valence-corrected chi connectivity index (χ1v) is 10.6. The van der Waals surface area contributed by atoms with Crippen molar-refractivity contribution < 1.29 is 9.18 Å². The Balaban J connectivity index is 1.36. The van der Waals surface area contributed by atoms with Gasteiger partial charge in [0, 0.05) is 43.8 Å². The molecule has 0 atom stereocenters. The third-order valence-corrected chi connectivity index (χ3v) is 6.13. The standard InChI is InChI=1S/C25H29FN2O/c1-19(29)2-3-21-4-7-22-11-17-28(25(22)18-21)24-12-15-27(16-13-24)14-10-20-5-8-23(26)9-6-20/h4-9,11,17-18,24H,2-3,10,12-16H2,1H3. The summed E-state index contributed by atoms with van der Waals surface area (Å²) in [5.41, 5.74) is 3.73. The molecule has 1 aliphatic rings. The zero-order chi connectivity index (χ0) is 20.2. The summed E-state index contributed by atoms with van der Waals surface area (Å²) in [5.74, 6) is 0.0754. The number of piperidine rings is 1. The highest BCUT2D eigenvalue weighted by Crippen LogP contribution is 2.28. The largest absolute Gasteiger partial charge is 0.344 e.